The van der Waals surface area contributed by atoms with Crippen LogP contribution in [0.15, 0.2) is 0 Å². The summed E-state index contributed by atoms with van der Waals surface area (Å²) in [4.78, 5) is 38.7. The molecule has 2 amide bonds. The summed E-state index contributed by atoms with van der Waals surface area (Å²) < 4.78 is 4.96. The van der Waals surface area contributed by atoms with E-state index in [0.717, 1.165) is 0 Å². The molecule has 6 nitrogen and oxygen atoms in total. The van der Waals surface area contributed by atoms with Gasteiger partial charge in [0.25, 0.3) is 11.8 Å². The van der Waals surface area contributed by atoms with Crippen LogP contribution in [-0.4, -0.2) is 36.6 Å². The summed E-state index contributed by atoms with van der Waals surface area (Å²) in [6, 6.07) is 0. The van der Waals surface area contributed by atoms with Crippen LogP contribution in [0.5, 0.6) is 0 Å². The van der Waals surface area contributed by atoms with Crippen molar-refractivity contribution >= 4 is 17.8 Å². The van der Waals surface area contributed by atoms with Crippen LogP contribution >= 0.6 is 0 Å². The number of carbonyl (C=O) groups is 3. The molecule has 0 radical (unpaired) electrons. The molecule has 17 heavy (non-hydrogen) atoms. The Labute approximate surface area is 99.8 Å². The fourth-order valence-corrected chi connectivity index (χ4v) is 1.62. The number of ether oxygens (including phenoxy) is 1. The monoisotopic (exact) mass is 243 g/mol. The molecular weight excluding hydrogens is 226 g/mol. The van der Waals surface area contributed by atoms with Gasteiger partial charge in [0.2, 0.25) is 0 Å². The third kappa shape index (κ3) is 3.81. The maximum Gasteiger partial charge on any atom is 0.333 e. The number of carbonyl (C=O) groups excluding carboxylic acids is 3. The van der Waals surface area contributed by atoms with Crippen molar-refractivity contribution in [3.05, 3.63) is 0 Å². The van der Waals surface area contributed by atoms with Crippen molar-refractivity contribution in [3.63, 3.8) is 0 Å². The summed E-state index contributed by atoms with van der Waals surface area (Å²) in [5, 5.41) is 0.561. The van der Waals surface area contributed by atoms with Gasteiger partial charge in [-0.1, -0.05) is 13.8 Å². The Hall–Kier alpha value is -1.43. The van der Waals surface area contributed by atoms with Gasteiger partial charge in [-0.05, 0) is 5.41 Å². The molecule has 0 unspecified atom stereocenters. The van der Waals surface area contributed by atoms with E-state index < -0.39 is 23.2 Å². The molecular formula is C11H17NO5. The molecule has 0 aromatic rings. The summed E-state index contributed by atoms with van der Waals surface area (Å²) >= 11 is 0. The van der Waals surface area contributed by atoms with Crippen molar-refractivity contribution < 1.29 is 24.0 Å². The molecule has 1 aliphatic rings. The van der Waals surface area contributed by atoms with E-state index in [1.807, 2.05) is 13.8 Å². The second-order valence-electron chi connectivity index (χ2n) is 4.82. The maximum absolute atomic E-state index is 11.6. The van der Waals surface area contributed by atoms with Gasteiger partial charge >= 0.3 is 5.97 Å². The zero-order valence-corrected chi connectivity index (χ0v) is 10.3. The Balaban J connectivity index is 2.49. The number of hydrogen-bond donors (Lipinski definition) is 0. The first-order valence-corrected chi connectivity index (χ1v) is 5.41. The van der Waals surface area contributed by atoms with Crippen LogP contribution in [0, 0.1) is 5.41 Å². The van der Waals surface area contributed by atoms with Crippen LogP contribution in [0.25, 0.3) is 0 Å². The lowest BCUT2D eigenvalue weighted by Crippen LogP contribution is -2.34. The van der Waals surface area contributed by atoms with E-state index in [0.29, 0.717) is 11.7 Å². The summed E-state index contributed by atoms with van der Waals surface area (Å²) in [6.45, 7) is 4.07. The molecule has 1 saturated heterocycles. The Morgan fingerprint density at radius 3 is 2.29 bits per heavy atom. The van der Waals surface area contributed by atoms with Gasteiger partial charge in [-0.15, -0.1) is 5.06 Å². The van der Waals surface area contributed by atoms with Gasteiger partial charge in [-0.25, -0.2) is 4.79 Å². The van der Waals surface area contributed by atoms with Gasteiger partial charge < -0.3 is 9.57 Å². The molecule has 0 aromatic heterocycles. The number of amides is 2. The van der Waals surface area contributed by atoms with Crippen molar-refractivity contribution in [1.29, 1.82) is 0 Å². The smallest absolute Gasteiger partial charge is 0.333 e. The quantitative estimate of drug-likeness (QED) is 0.663. The number of imide groups is 1. The van der Waals surface area contributed by atoms with E-state index in [1.165, 1.54) is 0 Å². The molecule has 6 heteroatoms. The number of nitrogens with zero attached hydrogens (tertiary/aromatic N) is 1. The number of hydroxylamine groups is 2. The van der Waals surface area contributed by atoms with E-state index in [2.05, 4.69) is 0 Å². The van der Waals surface area contributed by atoms with Gasteiger partial charge in [0.15, 0.2) is 0 Å². The second kappa shape index (κ2) is 5.27. The summed E-state index contributed by atoms with van der Waals surface area (Å²) in [6.07, 6.45) is 0.291. The Morgan fingerprint density at radius 2 is 1.82 bits per heavy atom. The van der Waals surface area contributed by atoms with E-state index in [1.54, 1.807) is 7.11 Å². The molecule has 1 rings (SSSR count). The number of hydrogen-bond acceptors (Lipinski definition) is 5. The van der Waals surface area contributed by atoms with Crippen LogP contribution in [-0.2, 0) is 24.0 Å². The van der Waals surface area contributed by atoms with Crippen LogP contribution in [0.2, 0.25) is 0 Å². The van der Waals surface area contributed by atoms with Gasteiger partial charge in [0.05, 0.1) is 13.0 Å². The molecule has 96 valence electrons. The first kappa shape index (κ1) is 13.6. The molecule has 0 bridgehead atoms. The highest BCUT2D eigenvalue weighted by atomic mass is 16.7. The lowest BCUT2D eigenvalue weighted by Gasteiger charge is -2.23. The molecule has 0 aliphatic carbocycles. The van der Waals surface area contributed by atoms with Crippen LogP contribution in [0.3, 0.4) is 0 Å². The number of rotatable bonds is 5. The normalized spacial score (nSPS) is 16.5. The second-order valence-corrected chi connectivity index (χ2v) is 4.82. The first-order chi connectivity index (χ1) is 7.85. The van der Waals surface area contributed by atoms with Crippen LogP contribution in [0.4, 0.5) is 0 Å². The zero-order valence-electron chi connectivity index (χ0n) is 10.3. The third-order valence-corrected chi connectivity index (χ3v) is 2.36. The number of methoxy groups -OCH3 is 1. The predicted molar refractivity (Wildman–Crippen MR) is 57.5 cm³/mol. The minimum atomic E-state index is -0.601. The molecule has 0 atom stereocenters. The van der Waals surface area contributed by atoms with Crippen LogP contribution < -0.4 is 0 Å². The minimum absolute atomic E-state index is 0.0812. The van der Waals surface area contributed by atoms with Crippen LogP contribution in [0.1, 0.15) is 33.1 Å². The average Bonchev–Trinajstić information content (AvgIpc) is 2.48. The van der Waals surface area contributed by atoms with Gasteiger partial charge in [0.1, 0.15) is 0 Å². The van der Waals surface area contributed by atoms with Crippen molar-refractivity contribution in [2.75, 3.05) is 13.7 Å². The first-order valence-electron chi connectivity index (χ1n) is 5.41. The van der Waals surface area contributed by atoms with Gasteiger partial charge in [-0.2, -0.15) is 0 Å². The topological polar surface area (TPSA) is 72.9 Å². The predicted octanol–water partition coefficient (Wildman–Crippen LogP) is 0.656. The van der Waals surface area contributed by atoms with E-state index in [9.17, 15) is 14.4 Å². The molecule has 1 aliphatic heterocycles. The highest BCUT2D eigenvalue weighted by molar-refractivity contribution is 6.01. The van der Waals surface area contributed by atoms with Crippen molar-refractivity contribution in [3.8, 4) is 0 Å². The Morgan fingerprint density at radius 1 is 1.29 bits per heavy atom. The lowest BCUT2D eigenvalue weighted by atomic mass is 9.91. The fraction of sp³-hybridized carbons (Fsp3) is 0.727. The largest absolute Gasteiger partial charge is 0.384 e. The molecule has 0 saturated carbocycles. The minimum Gasteiger partial charge on any atom is -0.384 e. The molecule has 1 heterocycles. The van der Waals surface area contributed by atoms with Crippen molar-refractivity contribution in [2.45, 2.75) is 33.1 Å². The van der Waals surface area contributed by atoms with Gasteiger partial charge in [-0.3, -0.25) is 9.59 Å². The standard InChI is InChI=1S/C11H17NO5/c1-11(2,7-16-3)6-10(15)17-12-8(13)4-5-9(12)14/h4-7H2,1-3H3. The average molecular weight is 243 g/mol. The molecule has 0 spiro atoms. The van der Waals surface area contributed by atoms with E-state index >= 15 is 0 Å². The fourth-order valence-electron chi connectivity index (χ4n) is 1.62. The molecule has 1 fully saturated rings. The van der Waals surface area contributed by atoms with Crippen molar-refractivity contribution in [1.82, 2.24) is 5.06 Å². The van der Waals surface area contributed by atoms with Crippen molar-refractivity contribution in [2.24, 2.45) is 5.41 Å². The molecule has 0 N–H and O–H groups in total. The lowest BCUT2D eigenvalue weighted by molar-refractivity contribution is -0.199. The van der Waals surface area contributed by atoms with E-state index in [-0.39, 0.29) is 19.3 Å². The Bertz CT molecular complexity index is 321. The highest BCUT2D eigenvalue weighted by Crippen LogP contribution is 2.22. The Kier molecular flexibility index (Phi) is 4.22. The summed E-state index contributed by atoms with van der Waals surface area (Å²) in [5.41, 5.74) is -0.391. The van der Waals surface area contributed by atoms with Gasteiger partial charge in [0, 0.05) is 20.0 Å². The maximum atomic E-state index is 11.6. The highest BCUT2D eigenvalue weighted by Gasteiger charge is 2.34. The summed E-state index contributed by atoms with van der Waals surface area (Å²) in [7, 11) is 1.54. The van der Waals surface area contributed by atoms with E-state index in [4.69, 9.17) is 9.57 Å². The third-order valence-electron chi connectivity index (χ3n) is 2.36. The molecule has 0 aromatic carbocycles. The SMILES string of the molecule is COCC(C)(C)CC(=O)ON1C(=O)CCC1=O. The summed E-state index contributed by atoms with van der Waals surface area (Å²) in [5.74, 6) is -1.53. The zero-order chi connectivity index (χ0) is 13.1.